The quantitative estimate of drug-likeness (QED) is 0.811. The molecule has 0 aromatic heterocycles. The van der Waals surface area contributed by atoms with Gasteiger partial charge in [0, 0.05) is 12.0 Å². The van der Waals surface area contributed by atoms with E-state index in [1.54, 1.807) is 12.2 Å². The van der Waals surface area contributed by atoms with Crippen molar-refractivity contribution in [1.29, 1.82) is 5.26 Å². The van der Waals surface area contributed by atoms with Crippen LogP contribution >= 0.6 is 0 Å². The number of hydrogen-bond donors (Lipinski definition) is 1. The van der Waals surface area contributed by atoms with Crippen LogP contribution < -0.4 is 0 Å². The SMILES string of the molecule is CCC(C)(C)C1=CC(C(=O)O)=CCC(C#N)=C1. The van der Waals surface area contributed by atoms with E-state index in [2.05, 4.69) is 26.8 Å². The van der Waals surface area contributed by atoms with Crippen LogP contribution in [0.25, 0.3) is 0 Å². The van der Waals surface area contributed by atoms with E-state index in [0.29, 0.717) is 12.0 Å². The molecule has 0 aliphatic heterocycles. The van der Waals surface area contributed by atoms with Crippen LogP contribution in [0.4, 0.5) is 0 Å². The third-order valence-electron chi connectivity index (χ3n) is 3.24. The van der Waals surface area contributed by atoms with Crippen molar-refractivity contribution < 1.29 is 9.90 Å². The molecule has 0 amide bonds. The third-order valence-corrected chi connectivity index (χ3v) is 3.24. The molecule has 90 valence electrons. The van der Waals surface area contributed by atoms with Crippen molar-refractivity contribution >= 4 is 5.97 Å². The first kappa shape index (κ1) is 13.2. The smallest absolute Gasteiger partial charge is 0.335 e. The molecule has 1 rings (SSSR count). The van der Waals surface area contributed by atoms with Gasteiger partial charge in [0.15, 0.2) is 0 Å². The fourth-order valence-electron chi connectivity index (χ4n) is 1.56. The number of carbonyl (C=O) groups is 1. The summed E-state index contributed by atoms with van der Waals surface area (Å²) >= 11 is 0. The summed E-state index contributed by atoms with van der Waals surface area (Å²) in [4.78, 5) is 11.0. The second-order valence-electron chi connectivity index (χ2n) is 4.79. The van der Waals surface area contributed by atoms with Crippen molar-refractivity contribution in [3.63, 3.8) is 0 Å². The predicted octanol–water partition coefficient (Wildman–Crippen LogP) is 3.21. The molecule has 0 radical (unpaired) electrons. The highest BCUT2D eigenvalue weighted by atomic mass is 16.4. The molecule has 0 fully saturated rings. The van der Waals surface area contributed by atoms with E-state index in [0.717, 1.165) is 12.0 Å². The predicted molar refractivity (Wildman–Crippen MR) is 66.2 cm³/mol. The van der Waals surface area contributed by atoms with E-state index < -0.39 is 5.97 Å². The zero-order valence-electron chi connectivity index (χ0n) is 10.4. The van der Waals surface area contributed by atoms with E-state index >= 15 is 0 Å². The Morgan fingerprint density at radius 1 is 1.53 bits per heavy atom. The maximum atomic E-state index is 11.0. The third kappa shape index (κ3) is 3.07. The Morgan fingerprint density at radius 2 is 2.18 bits per heavy atom. The molecule has 0 aromatic carbocycles. The lowest BCUT2D eigenvalue weighted by molar-refractivity contribution is -0.132. The second-order valence-corrected chi connectivity index (χ2v) is 4.79. The Bertz CT molecular complexity index is 459. The first-order chi connectivity index (χ1) is 7.90. The average molecular weight is 231 g/mol. The van der Waals surface area contributed by atoms with E-state index in [4.69, 9.17) is 10.4 Å². The Kier molecular flexibility index (Phi) is 3.90. The molecular weight excluding hydrogens is 214 g/mol. The highest BCUT2D eigenvalue weighted by Gasteiger charge is 2.22. The number of nitrogens with zero attached hydrogens (tertiary/aromatic N) is 1. The van der Waals surface area contributed by atoms with Crippen molar-refractivity contribution in [2.24, 2.45) is 5.41 Å². The van der Waals surface area contributed by atoms with Gasteiger partial charge >= 0.3 is 5.97 Å². The fraction of sp³-hybridized carbons (Fsp3) is 0.429. The summed E-state index contributed by atoms with van der Waals surface area (Å²) in [6.45, 7) is 6.15. The number of rotatable bonds is 3. The molecule has 0 saturated carbocycles. The maximum absolute atomic E-state index is 11.0. The normalized spacial score (nSPS) is 16.2. The van der Waals surface area contributed by atoms with E-state index in [1.165, 1.54) is 0 Å². The molecule has 1 aliphatic rings. The first-order valence-corrected chi connectivity index (χ1v) is 5.67. The van der Waals surface area contributed by atoms with Gasteiger partial charge < -0.3 is 5.11 Å². The number of carboxylic acids is 1. The van der Waals surface area contributed by atoms with Gasteiger partial charge in [-0.05, 0) is 29.6 Å². The van der Waals surface area contributed by atoms with Crippen LogP contribution in [0.5, 0.6) is 0 Å². The second kappa shape index (κ2) is 5.01. The average Bonchev–Trinajstić information content (AvgIpc) is 2.51. The van der Waals surface area contributed by atoms with E-state index in [1.807, 2.05) is 6.08 Å². The minimum absolute atomic E-state index is 0.124. The molecule has 17 heavy (non-hydrogen) atoms. The molecule has 0 heterocycles. The first-order valence-electron chi connectivity index (χ1n) is 5.67. The zero-order valence-corrected chi connectivity index (χ0v) is 10.4. The topological polar surface area (TPSA) is 61.1 Å². The summed E-state index contributed by atoms with van der Waals surface area (Å²) < 4.78 is 0. The van der Waals surface area contributed by atoms with Gasteiger partial charge in [0.2, 0.25) is 0 Å². The van der Waals surface area contributed by atoms with Crippen LogP contribution in [-0.2, 0) is 4.79 Å². The molecule has 0 bridgehead atoms. The van der Waals surface area contributed by atoms with Gasteiger partial charge in [-0.1, -0.05) is 26.8 Å². The molecule has 0 saturated heterocycles. The summed E-state index contributed by atoms with van der Waals surface area (Å²) in [6.07, 6.45) is 6.36. The Balaban J connectivity index is 3.27. The lowest BCUT2D eigenvalue weighted by Crippen LogP contribution is -2.13. The van der Waals surface area contributed by atoms with Crippen molar-refractivity contribution in [2.45, 2.75) is 33.6 Å². The number of aliphatic carboxylic acids is 1. The van der Waals surface area contributed by atoms with Crippen LogP contribution in [0, 0.1) is 16.7 Å². The minimum Gasteiger partial charge on any atom is -0.478 e. The molecule has 0 aromatic rings. The summed E-state index contributed by atoms with van der Waals surface area (Å²) in [6, 6.07) is 2.11. The van der Waals surface area contributed by atoms with Crippen molar-refractivity contribution in [1.82, 2.24) is 0 Å². The highest BCUT2D eigenvalue weighted by molar-refractivity contribution is 5.90. The molecule has 3 nitrogen and oxygen atoms in total. The van der Waals surface area contributed by atoms with Crippen LogP contribution in [-0.4, -0.2) is 11.1 Å². The van der Waals surface area contributed by atoms with Crippen LogP contribution in [0.2, 0.25) is 0 Å². The molecule has 0 unspecified atom stereocenters. The molecule has 1 aliphatic carbocycles. The van der Waals surface area contributed by atoms with Crippen molar-refractivity contribution in [3.05, 3.63) is 34.9 Å². The lowest BCUT2D eigenvalue weighted by Gasteiger charge is -2.24. The zero-order chi connectivity index (χ0) is 13.1. The largest absolute Gasteiger partial charge is 0.478 e. The Morgan fingerprint density at radius 3 is 2.65 bits per heavy atom. The monoisotopic (exact) mass is 231 g/mol. The molecule has 3 heteroatoms. The van der Waals surface area contributed by atoms with Crippen LogP contribution in [0.15, 0.2) is 34.9 Å². The van der Waals surface area contributed by atoms with E-state index in [-0.39, 0.29) is 11.0 Å². The van der Waals surface area contributed by atoms with Crippen LogP contribution in [0.3, 0.4) is 0 Å². The van der Waals surface area contributed by atoms with Gasteiger partial charge in [-0.25, -0.2) is 4.79 Å². The molecule has 1 N–H and O–H groups in total. The Hall–Kier alpha value is -1.82. The minimum atomic E-state index is -0.943. The Labute approximate surface area is 102 Å². The van der Waals surface area contributed by atoms with Crippen molar-refractivity contribution in [2.75, 3.05) is 0 Å². The standard InChI is InChI=1S/C14H17NO2/c1-4-14(2,3)12-7-10(9-15)5-6-11(8-12)13(16)17/h6-8H,4-5H2,1-3H3,(H,16,17). The van der Waals surface area contributed by atoms with E-state index in [9.17, 15) is 4.79 Å². The van der Waals surface area contributed by atoms with Gasteiger partial charge in [0.1, 0.15) is 0 Å². The van der Waals surface area contributed by atoms with Gasteiger partial charge in [-0.2, -0.15) is 5.26 Å². The highest BCUT2D eigenvalue weighted by Crippen LogP contribution is 2.34. The molecular formula is C14H17NO2. The number of nitriles is 1. The van der Waals surface area contributed by atoms with Gasteiger partial charge in [0.25, 0.3) is 0 Å². The molecule has 0 spiro atoms. The maximum Gasteiger partial charge on any atom is 0.335 e. The summed E-state index contributed by atoms with van der Waals surface area (Å²) in [5.41, 5.74) is 1.65. The van der Waals surface area contributed by atoms with Gasteiger partial charge in [-0.3, -0.25) is 0 Å². The number of carboxylic acid groups (broad SMARTS) is 1. The summed E-state index contributed by atoms with van der Waals surface area (Å²) in [5.74, 6) is -0.943. The van der Waals surface area contributed by atoms with Gasteiger partial charge in [-0.15, -0.1) is 0 Å². The number of allylic oxidation sites excluding steroid dienone is 4. The fourth-order valence-corrected chi connectivity index (χ4v) is 1.56. The van der Waals surface area contributed by atoms with Crippen molar-refractivity contribution in [3.8, 4) is 6.07 Å². The van der Waals surface area contributed by atoms with Gasteiger partial charge in [0.05, 0.1) is 11.6 Å². The van der Waals surface area contributed by atoms with Crippen LogP contribution in [0.1, 0.15) is 33.6 Å². The molecule has 0 atom stereocenters. The summed E-state index contributed by atoms with van der Waals surface area (Å²) in [7, 11) is 0. The summed E-state index contributed by atoms with van der Waals surface area (Å²) in [5, 5.41) is 18.0. The number of hydrogen-bond acceptors (Lipinski definition) is 2. The lowest BCUT2D eigenvalue weighted by atomic mass is 9.80.